The molecule has 4 N–H and O–H groups in total. The van der Waals surface area contributed by atoms with Gasteiger partial charge in [-0.25, -0.2) is 4.98 Å². The molecule has 0 fully saturated rings. The molecule has 8 heteroatoms. The Labute approximate surface area is 91.5 Å². The number of ether oxygens (including phenoxy) is 1. The van der Waals surface area contributed by atoms with Crippen LogP contribution in [0.15, 0.2) is 10.7 Å². The second kappa shape index (κ2) is 4.23. The van der Waals surface area contributed by atoms with Gasteiger partial charge in [0.25, 0.3) is 0 Å². The minimum absolute atomic E-state index is 0.0563. The molecule has 1 aromatic rings. The third kappa shape index (κ3) is 3.24. The van der Waals surface area contributed by atoms with E-state index in [0.29, 0.717) is 4.60 Å². The van der Waals surface area contributed by atoms with Crippen molar-refractivity contribution in [1.82, 2.24) is 4.98 Å². The third-order valence-corrected chi connectivity index (χ3v) is 1.86. The lowest BCUT2D eigenvalue weighted by atomic mass is 10.3. The zero-order valence-corrected chi connectivity index (χ0v) is 8.89. The van der Waals surface area contributed by atoms with Gasteiger partial charge in [-0.05, 0) is 22.0 Å². The summed E-state index contributed by atoms with van der Waals surface area (Å²) in [5.74, 6) is -0.548. The summed E-state index contributed by atoms with van der Waals surface area (Å²) in [4.78, 5) is 3.72. The Hall–Kier alpha value is -1.02. The van der Waals surface area contributed by atoms with Gasteiger partial charge >= 0.3 is 6.36 Å². The molecule has 0 unspecified atom stereocenters. The number of anilines is 1. The highest BCUT2D eigenvalue weighted by atomic mass is 79.9. The molecule has 0 bridgehead atoms. The molecule has 0 radical (unpaired) electrons. The first kappa shape index (κ1) is 12.1. The standard InChI is InChI=1S/C7H7BrF3N3O/c8-5-1-3(13)6(4(2-12)14-5)15-7(9,10)11/h1H,2,12H2,(H2,13,14). The minimum atomic E-state index is -4.81. The molecule has 0 aliphatic heterocycles. The largest absolute Gasteiger partial charge is 0.573 e. The maximum Gasteiger partial charge on any atom is 0.573 e. The number of nitrogens with zero attached hydrogens (tertiary/aromatic N) is 1. The van der Waals surface area contributed by atoms with Crippen LogP contribution in [0.3, 0.4) is 0 Å². The van der Waals surface area contributed by atoms with Gasteiger partial charge in [0.15, 0.2) is 5.75 Å². The Balaban J connectivity index is 3.15. The van der Waals surface area contributed by atoms with E-state index in [2.05, 4.69) is 25.7 Å². The normalized spacial score (nSPS) is 11.5. The molecule has 15 heavy (non-hydrogen) atoms. The first-order valence-electron chi connectivity index (χ1n) is 3.74. The molecule has 0 atom stereocenters. The van der Waals surface area contributed by atoms with Gasteiger partial charge in [-0.2, -0.15) is 0 Å². The number of hydrogen-bond donors (Lipinski definition) is 2. The van der Waals surface area contributed by atoms with Crippen molar-refractivity contribution >= 4 is 21.6 Å². The molecule has 0 spiro atoms. The number of nitrogens with two attached hydrogens (primary N) is 2. The molecule has 0 amide bonds. The number of alkyl halides is 3. The van der Waals surface area contributed by atoms with Gasteiger partial charge in [-0.1, -0.05) is 0 Å². The van der Waals surface area contributed by atoms with Crippen LogP contribution < -0.4 is 16.2 Å². The van der Waals surface area contributed by atoms with Crippen LogP contribution in [0.4, 0.5) is 18.9 Å². The number of halogens is 4. The molecule has 0 saturated heterocycles. The summed E-state index contributed by atoms with van der Waals surface area (Å²) >= 11 is 2.98. The van der Waals surface area contributed by atoms with E-state index < -0.39 is 12.1 Å². The first-order valence-corrected chi connectivity index (χ1v) is 4.53. The van der Waals surface area contributed by atoms with E-state index in [1.54, 1.807) is 0 Å². The van der Waals surface area contributed by atoms with Crippen LogP contribution in [-0.4, -0.2) is 11.3 Å². The van der Waals surface area contributed by atoms with Crippen molar-refractivity contribution in [2.75, 3.05) is 5.73 Å². The predicted molar refractivity (Wildman–Crippen MR) is 50.9 cm³/mol. The lowest BCUT2D eigenvalue weighted by Gasteiger charge is -2.14. The van der Waals surface area contributed by atoms with Crippen molar-refractivity contribution in [3.8, 4) is 5.75 Å². The molecular formula is C7H7BrF3N3O. The lowest BCUT2D eigenvalue weighted by Crippen LogP contribution is -2.20. The highest BCUT2D eigenvalue weighted by Crippen LogP contribution is 2.32. The molecule has 0 aromatic carbocycles. The fraction of sp³-hybridized carbons (Fsp3) is 0.286. The average molecular weight is 286 g/mol. The topological polar surface area (TPSA) is 74.2 Å². The molecule has 0 aliphatic rings. The Morgan fingerprint density at radius 2 is 2.07 bits per heavy atom. The second-order valence-electron chi connectivity index (χ2n) is 2.56. The second-order valence-corrected chi connectivity index (χ2v) is 3.37. The van der Waals surface area contributed by atoms with Crippen LogP contribution in [0.25, 0.3) is 0 Å². The van der Waals surface area contributed by atoms with E-state index in [1.165, 1.54) is 6.07 Å². The van der Waals surface area contributed by atoms with Crippen LogP contribution in [-0.2, 0) is 6.54 Å². The molecule has 0 saturated carbocycles. The SMILES string of the molecule is NCc1nc(Br)cc(N)c1OC(F)(F)F. The smallest absolute Gasteiger partial charge is 0.402 e. The molecular weight excluding hydrogens is 279 g/mol. The average Bonchev–Trinajstić information content (AvgIpc) is 2.07. The van der Waals surface area contributed by atoms with Gasteiger partial charge < -0.3 is 16.2 Å². The minimum Gasteiger partial charge on any atom is -0.402 e. The highest BCUT2D eigenvalue weighted by molar-refractivity contribution is 9.10. The summed E-state index contributed by atoms with van der Waals surface area (Å²) in [5.41, 5.74) is 10.3. The zero-order chi connectivity index (χ0) is 11.6. The number of aromatic nitrogens is 1. The van der Waals surface area contributed by atoms with Crippen LogP contribution >= 0.6 is 15.9 Å². The predicted octanol–water partition coefficient (Wildman–Crippen LogP) is 1.78. The van der Waals surface area contributed by atoms with E-state index in [9.17, 15) is 13.2 Å². The summed E-state index contributed by atoms with van der Waals surface area (Å²) in [7, 11) is 0. The van der Waals surface area contributed by atoms with Gasteiger partial charge in [0, 0.05) is 6.54 Å². The van der Waals surface area contributed by atoms with E-state index >= 15 is 0 Å². The van der Waals surface area contributed by atoms with Crippen LogP contribution in [0.2, 0.25) is 0 Å². The van der Waals surface area contributed by atoms with Gasteiger partial charge in [-0.3, -0.25) is 0 Å². The van der Waals surface area contributed by atoms with Gasteiger partial charge in [0.1, 0.15) is 4.60 Å². The number of nitrogen functional groups attached to an aromatic ring is 1. The van der Waals surface area contributed by atoms with Crippen molar-refractivity contribution in [3.05, 3.63) is 16.4 Å². The Kier molecular flexibility index (Phi) is 3.40. The maximum atomic E-state index is 12.0. The van der Waals surface area contributed by atoms with Crippen LogP contribution in [0, 0.1) is 0 Å². The van der Waals surface area contributed by atoms with Crippen molar-refractivity contribution in [1.29, 1.82) is 0 Å². The quantitative estimate of drug-likeness (QED) is 0.813. The van der Waals surface area contributed by atoms with Crippen LogP contribution in [0.1, 0.15) is 5.69 Å². The summed E-state index contributed by atoms with van der Waals surface area (Å²) < 4.78 is 40.0. The third-order valence-electron chi connectivity index (χ3n) is 1.45. The van der Waals surface area contributed by atoms with E-state index in [0.717, 1.165) is 0 Å². The molecule has 1 rings (SSSR count). The van der Waals surface area contributed by atoms with Crippen molar-refractivity contribution in [3.63, 3.8) is 0 Å². The van der Waals surface area contributed by atoms with Crippen molar-refractivity contribution in [2.24, 2.45) is 5.73 Å². The lowest BCUT2D eigenvalue weighted by molar-refractivity contribution is -0.274. The Morgan fingerprint density at radius 3 is 2.53 bits per heavy atom. The Bertz CT molecular complexity index is 369. The van der Waals surface area contributed by atoms with Crippen molar-refractivity contribution < 1.29 is 17.9 Å². The highest BCUT2D eigenvalue weighted by Gasteiger charge is 2.33. The molecule has 0 aliphatic carbocycles. The molecule has 4 nitrogen and oxygen atoms in total. The summed E-state index contributed by atoms with van der Waals surface area (Å²) in [6.45, 7) is -0.199. The molecule has 1 heterocycles. The number of pyridine rings is 1. The van der Waals surface area contributed by atoms with Gasteiger partial charge in [0.05, 0.1) is 11.4 Å². The van der Waals surface area contributed by atoms with E-state index in [4.69, 9.17) is 11.5 Å². The van der Waals surface area contributed by atoms with Crippen molar-refractivity contribution in [2.45, 2.75) is 12.9 Å². The summed E-state index contributed by atoms with van der Waals surface area (Å²) in [5, 5.41) is 0. The van der Waals surface area contributed by atoms with Gasteiger partial charge in [0.2, 0.25) is 0 Å². The maximum absolute atomic E-state index is 12.0. The van der Waals surface area contributed by atoms with E-state index in [-0.39, 0.29) is 17.9 Å². The molecule has 84 valence electrons. The van der Waals surface area contributed by atoms with Crippen LogP contribution in [0.5, 0.6) is 5.75 Å². The fourth-order valence-electron chi connectivity index (χ4n) is 0.944. The molecule has 1 aromatic heterocycles. The zero-order valence-electron chi connectivity index (χ0n) is 7.31. The Morgan fingerprint density at radius 1 is 1.47 bits per heavy atom. The summed E-state index contributed by atoms with van der Waals surface area (Å²) in [6.07, 6.45) is -4.81. The first-order chi connectivity index (χ1) is 6.83. The van der Waals surface area contributed by atoms with E-state index in [1.807, 2.05) is 0 Å². The summed E-state index contributed by atoms with van der Waals surface area (Å²) in [6, 6.07) is 1.21. The van der Waals surface area contributed by atoms with Gasteiger partial charge in [-0.15, -0.1) is 13.2 Å². The monoisotopic (exact) mass is 285 g/mol. The fourth-order valence-corrected chi connectivity index (χ4v) is 1.41. The number of rotatable bonds is 2. The number of hydrogen-bond acceptors (Lipinski definition) is 4.